The first-order valence-corrected chi connectivity index (χ1v) is 7.14. The Hall–Kier alpha value is -1.85. The summed E-state index contributed by atoms with van der Waals surface area (Å²) < 4.78 is 5.51. The number of halogens is 1. The Morgan fingerprint density at radius 3 is 3.14 bits per heavy atom. The summed E-state index contributed by atoms with van der Waals surface area (Å²) in [5.41, 5.74) is 1.87. The van der Waals surface area contributed by atoms with Gasteiger partial charge in [-0.15, -0.1) is 0 Å². The zero-order valence-electron chi connectivity index (χ0n) is 11.3. The summed E-state index contributed by atoms with van der Waals surface area (Å²) >= 11 is 6.00. The molecular weight excluding hydrogens is 292 g/mol. The number of hydrogen-bond acceptors (Lipinski definition) is 4. The van der Waals surface area contributed by atoms with Crippen LogP contribution in [0.5, 0.6) is 0 Å². The van der Waals surface area contributed by atoms with Crippen molar-refractivity contribution in [1.82, 2.24) is 4.98 Å². The summed E-state index contributed by atoms with van der Waals surface area (Å²) in [6.07, 6.45) is 1.48. The van der Waals surface area contributed by atoms with Crippen LogP contribution in [0, 0.1) is 0 Å². The fourth-order valence-corrected chi connectivity index (χ4v) is 2.80. The van der Waals surface area contributed by atoms with Gasteiger partial charge in [0.2, 0.25) is 0 Å². The summed E-state index contributed by atoms with van der Waals surface area (Å²) in [7, 11) is 0. The van der Waals surface area contributed by atoms with Crippen LogP contribution >= 0.6 is 11.6 Å². The van der Waals surface area contributed by atoms with Gasteiger partial charge in [-0.05, 0) is 24.3 Å². The van der Waals surface area contributed by atoms with Crippen LogP contribution in [0.3, 0.4) is 0 Å². The number of aliphatic carboxylic acids is 1. The Balaban J connectivity index is 1.91. The predicted octanol–water partition coefficient (Wildman–Crippen LogP) is 2.57. The number of aromatic nitrogens is 1. The van der Waals surface area contributed by atoms with Crippen molar-refractivity contribution in [1.29, 1.82) is 0 Å². The Kier molecular flexibility index (Phi) is 3.94. The van der Waals surface area contributed by atoms with Gasteiger partial charge in [-0.1, -0.05) is 11.6 Å². The van der Waals surface area contributed by atoms with Gasteiger partial charge in [-0.25, -0.2) is 0 Å². The number of carbonyl (C=O) groups is 1. The average Bonchev–Trinajstić information content (AvgIpc) is 2.46. The van der Waals surface area contributed by atoms with E-state index in [1.54, 1.807) is 6.20 Å². The van der Waals surface area contributed by atoms with E-state index in [2.05, 4.69) is 9.88 Å². The van der Waals surface area contributed by atoms with Crippen LogP contribution in [-0.2, 0) is 9.53 Å². The lowest BCUT2D eigenvalue weighted by molar-refractivity contribution is -0.140. The van der Waals surface area contributed by atoms with Crippen LogP contribution < -0.4 is 4.90 Å². The lowest BCUT2D eigenvalue weighted by Gasteiger charge is -2.34. The minimum Gasteiger partial charge on any atom is -0.481 e. The quantitative estimate of drug-likeness (QED) is 0.944. The molecule has 1 aromatic carbocycles. The van der Waals surface area contributed by atoms with Gasteiger partial charge in [-0.3, -0.25) is 9.78 Å². The number of nitrogens with zero attached hydrogens (tertiary/aromatic N) is 2. The zero-order valence-corrected chi connectivity index (χ0v) is 12.1. The van der Waals surface area contributed by atoms with E-state index < -0.39 is 5.97 Å². The van der Waals surface area contributed by atoms with Crippen molar-refractivity contribution < 1.29 is 14.6 Å². The molecule has 5 nitrogen and oxygen atoms in total. The third-order valence-electron chi connectivity index (χ3n) is 3.56. The SMILES string of the molecule is O=C(O)CC1CN(c2ccnc3cc(Cl)ccc23)CCO1. The first-order valence-electron chi connectivity index (χ1n) is 6.76. The maximum Gasteiger partial charge on any atom is 0.306 e. The van der Waals surface area contributed by atoms with Crippen LogP contribution in [0.4, 0.5) is 5.69 Å². The van der Waals surface area contributed by atoms with Crippen molar-refractivity contribution in [2.75, 3.05) is 24.6 Å². The van der Waals surface area contributed by atoms with Gasteiger partial charge in [0, 0.05) is 35.4 Å². The summed E-state index contributed by atoms with van der Waals surface area (Å²) in [6.45, 7) is 1.82. The number of carboxylic acids is 1. The number of fused-ring (bicyclic) bond motifs is 1. The molecule has 1 aliphatic rings. The molecule has 0 aliphatic carbocycles. The van der Waals surface area contributed by atoms with Crippen LogP contribution in [0.25, 0.3) is 10.9 Å². The zero-order chi connectivity index (χ0) is 14.8. The van der Waals surface area contributed by atoms with Gasteiger partial charge in [0.15, 0.2) is 0 Å². The van der Waals surface area contributed by atoms with Crippen molar-refractivity contribution in [3.63, 3.8) is 0 Å². The third-order valence-corrected chi connectivity index (χ3v) is 3.80. The molecule has 0 radical (unpaired) electrons. The molecule has 0 spiro atoms. The molecule has 0 saturated carbocycles. The van der Waals surface area contributed by atoms with Gasteiger partial charge in [0.1, 0.15) is 0 Å². The van der Waals surface area contributed by atoms with Crippen LogP contribution in [0.2, 0.25) is 5.02 Å². The van der Waals surface area contributed by atoms with Gasteiger partial charge in [0.05, 0.1) is 24.6 Å². The van der Waals surface area contributed by atoms with E-state index in [-0.39, 0.29) is 12.5 Å². The summed E-state index contributed by atoms with van der Waals surface area (Å²) in [5, 5.41) is 10.6. The molecule has 2 aromatic rings. The molecule has 21 heavy (non-hydrogen) atoms. The number of ether oxygens (including phenoxy) is 1. The van der Waals surface area contributed by atoms with E-state index in [9.17, 15) is 4.79 Å². The standard InChI is InChI=1S/C15H15ClN2O3/c16-10-1-2-12-13(7-10)17-4-3-14(12)18-5-6-21-11(9-18)8-15(19)20/h1-4,7,11H,5-6,8-9H2,(H,19,20). The van der Waals surface area contributed by atoms with Crippen molar-refractivity contribution in [2.45, 2.75) is 12.5 Å². The monoisotopic (exact) mass is 306 g/mol. The number of benzene rings is 1. The van der Waals surface area contributed by atoms with Crippen LogP contribution in [-0.4, -0.2) is 41.9 Å². The normalized spacial score (nSPS) is 18.9. The van der Waals surface area contributed by atoms with E-state index >= 15 is 0 Å². The Morgan fingerprint density at radius 1 is 1.48 bits per heavy atom. The summed E-state index contributed by atoms with van der Waals surface area (Å²) in [6, 6.07) is 7.56. The Morgan fingerprint density at radius 2 is 2.33 bits per heavy atom. The Labute approximate surface area is 127 Å². The lowest BCUT2D eigenvalue weighted by Crippen LogP contribution is -2.43. The highest BCUT2D eigenvalue weighted by Crippen LogP contribution is 2.28. The first kappa shape index (κ1) is 14.1. The van der Waals surface area contributed by atoms with Crippen molar-refractivity contribution in [3.05, 3.63) is 35.5 Å². The second-order valence-corrected chi connectivity index (χ2v) is 5.46. The number of morpholine rings is 1. The second-order valence-electron chi connectivity index (χ2n) is 5.03. The van der Waals surface area contributed by atoms with Crippen molar-refractivity contribution in [3.8, 4) is 0 Å². The van der Waals surface area contributed by atoms with E-state index in [0.29, 0.717) is 18.2 Å². The fourth-order valence-electron chi connectivity index (χ4n) is 2.64. The number of rotatable bonds is 3. The highest BCUT2D eigenvalue weighted by Gasteiger charge is 2.24. The van der Waals surface area contributed by atoms with Gasteiger partial charge in [-0.2, -0.15) is 0 Å². The molecule has 1 atom stereocenters. The molecule has 1 saturated heterocycles. The molecule has 1 N–H and O–H groups in total. The number of anilines is 1. The Bertz CT molecular complexity index is 677. The van der Waals surface area contributed by atoms with E-state index in [4.69, 9.17) is 21.4 Å². The average molecular weight is 307 g/mol. The molecule has 0 amide bonds. The minimum absolute atomic E-state index is 0.0192. The molecule has 0 bridgehead atoms. The molecule has 2 heterocycles. The molecule has 1 aliphatic heterocycles. The van der Waals surface area contributed by atoms with Gasteiger partial charge < -0.3 is 14.7 Å². The number of pyridine rings is 1. The maximum atomic E-state index is 10.8. The van der Waals surface area contributed by atoms with E-state index in [1.165, 1.54) is 0 Å². The lowest BCUT2D eigenvalue weighted by atomic mass is 10.1. The molecule has 1 fully saturated rings. The fraction of sp³-hybridized carbons (Fsp3) is 0.333. The number of hydrogen-bond donors (Lipinski definition) is 1. The van der Waals surface area contributed by atoms with Crippen LogP contribution in [0.15, 0.2) is 30.5 Å². The molecule has 3 rings (SSSR count). The highest BCUT2D eigenvalue weighted by molar-refractivity contribution is 6.31. The maximum absolute atomic E-state index is 10.8. The molecule has 110 valence electrons. The van der Waals surface area contributed by atoms with E-state index in [1.807, 2.05) is 24.3 Å². The third kappa shape index (κ3) is 3.09. The largest absolute Gasteiger partial charge is 0.481 e. The molecule has 1 aromatic heterocycles. The molecular formula is C15H15ClN2O3. The van der Waals surface area contributed by atoms with Crippen LogP contribution in [0.1, 0.15) is 6.42 Å². The van der Waals surface area contributed by atoms with Crippen molar-refractivity contribution in [2.24, 2.45) is 0 Å². The summed E-state index contributed by atoms with van der Waals surface area (Å²) in [5.74, 6) is -0.840. The topological polar surface area (TPSA) is 62.7 Å². The smallest absolute Gasteiger partial charge is 0.306 e. The first-order chi connectivity index (χ1) is 10.1. The molecule has 1 unspecified atom stereocenters. The van der Waals surface area contributed by atoms with Crippen molar-refractivity contribution >= 4 is 34.2 Å². The number of carboxylic acid groups (broad SMARTS) is 1. The summed E-state index contributed by atoms with van der Waals surface area (Å²) in [4.78, 5) is 17.3. The van der Waals surface area contributed by atoms with Gasteiger partial charge >= 0.3 is 5.97 Å². The highest BCUT2D eigenvalue weighted by atomic mass is 35.5. The predicted molar refractivity (Wildman–Crippen MR) is 81.0 cm³/mol. The second kappa shape index (κ2) is 5.87. The molecule has 6 heteroatoms. The van der Waals surface area contributed by atoms with Gasteiger partial charge in [0.25, 0.3) is 0 Å². The van der Waals surface area contributed by atoms with E-state index in [0.717, 1.165) is 23.1 Å². The minimum atomic E-state index is -0.840.